The molecule has 3 N–H and O–H groups in total. The quantitative estimate of drug-likeness (QED) is 0.727. The molecule has 4 rings (SSSR count). The number of aliphatic hydroxyl groups is 1. The van der Waals surface area contributed by atoms with Crippen LogP contribution in [0.2, 0.25) is 0 Å². The Morgan fingerprint density at radius 3 is 2.38 bits per heavy atom. The Morgan fingerprint density at radius 1 is 1.08 bits per heavy atom. The van der Waals surface area contributed by atoms with Gasteiger partial charge in [0.05, 0.1) is 6.54 Å². The van der Waals surface area contributed by atoms with Crippen LogP contribution in [-0.4, -0.2) is 41.6 Å². The van der Waals surface area contributed by atoms with E-state index in [2.05, 4.69) is 58.4 Å². The van der Waals surface area contributed by atoms with Gasteiger partial charge < -0.3 is 19.7 Å². The maximum Gasteiger partial charge on any atom is 0.121 e. The highest BCUT2D eigenvalue weighted by Gasteiger charge is 2.18. The van der Waals surface area contributed by atoms with E-state index in [1.807, 2.05) is 0 Å². The van der Waals surface area contributed by atoms with Crippen molar-refractivity contribution < 1.29 is 15.2 Å². The van der Waals surface area contributed by atoms with Gasteiger partial charge in [0.15, 0.2) is 0 Å². The first-order valence-electron chi connectivity index (χ1n) is 8.90. The van der Waals surface area contributed by atoms with E-state index < -0.39 is 0 Å². The van der Waals surface area contributed by atoms with Gasteiger partial charge in [0.1, 0.15) is 25.3 Å². The monoisotopic (exact) mass is 325 g/mol. The molecular weight excluding hydrogens is 300 g/mol. The number of nitrogens with two attached hydrogens (primary N) is 1. The van der Waals surface area contributed by atoms with Crippen molar-refractivity contribution in [3.05, 3.63) is 48.5 Å². The lowest BCUT2D eigenvalue weighted by Gasteiger charge is -2.14. The standard InChI is InChI=1S/C20H24N2O2/c23-15(12-21-13-16-6-5-11-24-16)14-22-19-9-3-1-7-17(19)18-8-2-4-10-20(18)22/h1-4,7-10,15-16,21,23H,5-6,11-14H2/p+1/t15-,16-/m1/s1. The molecule has 4 nitrogen and oxygen atoms in total. The fourth-order valence-electron chi connectivity index (χ4n) is 3.79. The van der Waals surface area contributed by atoms with Gasteiger partial charge in [-0.2, -0.15) is 0 Å². The molecule has 0 bridgehead atoms. The van der Waals surface area contributed by atoms with Crippen molar-refractivity contribution in [3.8, 4) is 0 Å². The summed E-state index contributed by atoms with van der Waals surface area (Å²) in [7, 11) is 0. The molecule has 2 atom stereocenters. The van der Waals surface area contributed by atoms with Gasteiger partial charge in [-0.1, -0.05) is 36.4 Å². The topological polar surface area (TPSA) is 51.0 Å². The minimum absolute atomic E-state index is 0.366. The van der Waals surface area contributed by atoms with Crippen molar-refractivity contribution in [2.75, 3.05) is 19.7 Å². The lowest BCUT2D eigenvalue weighted by molar-refractivity contribution is -0.666. The van der Waals surface area contributed by atoms with E-state index in [0.29, 0.717) is 19.2 Å². The Morgan fingerprint density at radius 2 is 1.75 bits per heavy atom. The van der Waals surface area contributed by atoms with Crippen LogP contribution in [0.4, 0.5) is 0 Å². The van der Waals surface area contributed by atoms with Crippen LogP contribution in [0, 0.1) is 0 Å². The molecule has 2 aromatic carbocycles. The van der Waals surface area contributed by atoms with Gasteiger partial charge in [-0.3, -0.25) is 0 Å². The summed E-state index contributed by atoms with van der Waals surface area (Å²) >= 11 is 0. The second kappa shape index (κ2) is 6.93. The summed E-state index contributed by atoms with van der Waals surface area (Å²) in [6, 6.07) is 16.9. The van der Waals surface area contributed by atoms with E-state index in [9.17, 15) is 5.11 Å². The van der Waals surface area contributed by atoms with E-state index in [1.54, 1.807) is 0 Å². The Labute approximate surface area is 142 Å². The molecule has 1 aliphatic rings. The number of ether oxygens (including phenoxy) is 1. The molecule has 0 spiro atoms. The van der Waals surface area contributed by atoms with E-state index >= 15 is 0 Å². The Hall–Kier alpha value is -1.88. The largest absolute Gasteiger partial charge is 0.385 e. The number of rotatable bonds is 6. The van der Waals surface area contributed by atoms with Gasteiger partial charge in [-0.25, -0.2) is 0 Å². The number of quaternary nitrogens is 1. The van der Waals surface area contributed by atoms with Crippen LogP contribution in [0.25, 0.3) is 21.8 Å². The van der Waals surface area contributed by atoms with E-state index in [1.165, 1.54) is 28.2 Å². The lowest BCUT2D eigenvalue weighted by atomic mass is 10.2. The Balaban J connectivity index is 1.50. The van der Waals surface area contributed by atoms with Gasteiger partial charge >= 0.3 is 0 Å². The van der Waals surface area contributed by atoms with Crippen molar-refractivity contribution in [2.45, 2.75) is 31.6 Å². The van der Waals surface area contributed by atoms with Crippen molar-refractivity contribution in [3.63, 3.8) is 0 Å². The molecule has 1 aliphatic heterocycles. The summed E-state index contributed by atoms with van der Waals surface area (Å²) in [6.07, 6.45) is 2.32. The van der Waals surface area contributed by atoms with Gasteiger partial charge in [0.2, 0.25) is 0 Å². The molecule has 2 heterocycles. The normalized spacial score (nSPS) is 19.3. The maximum atomic E-state index is 10.5. The highest BCUT2D eigenvalue weighted by atomic mass is 16.5. The van der Waals surface area contributed by atoms with Crippen LogP contribution < -0.4 is 5.32 Å². The molecule has 3 aromatic rings. The lowest BCUT2D eigenvalue weighted by Crippen LogP contribution is -2.88. The average molecular weight is 325 g/mol. The van der Waals surface area contributed by atoms with Crippen LogP contribution in [0.3, 0.4) is 0 Å². The highest BCUT2D eigenvalue weighted by Crippen LogP contribution is 2.28. The first kappa shape index (κ1) is 15.6. The molecule has 1 fully saturated rings. The third kappa shape index (κ3) is 3.05. The van der Waals surface area contributed by atoms with Crippen molar-refractivity contribution in [1.82, 2.24) is 4.57 Å². The molecule has 0 unspecified atom stereocenters. The number of aliphatic hydroxyl groups excluding tert-OH is 1. The fraction of sp³-hybridized carbons (Fsp3) is 0.400. The van der Waals surface area contributed by atoms with Crippen LogP contribution in [0.15, 0.2) is 48.5 Å². The van der Waals surface area contributed by atoms with Gasteiger partial charge in [0.25, 0.3) is 0 Å². The first-order chi connectivity index (χ1) is 11.8. The number of para-hydroxylation sites is 2. The summed E-state index contributed by atoms with van der Waals surface area (Å²) in [5.41, 5.74) is 2.38. The summed E-state index contributed by atoms with van der Waals surface area (Å²) in [5, 5.41) is 15.2. The van der Waals surface area contributed by atoms with Crippen molar-refractivity contribution in [2.24, 2.45) is 0 Å². The minimum atomic E-state index is -0.370. The third-order valence-corrected chi connectivity index (χ3v) is 4.97. The van der Waals surface area contributed by atoms with Gasteiger partial charge in [-0.15, -0.1) is 0 Å². The third-order valence-electron chi connectivity index (χ3n) is 4.97. The predicted octanol–water partition coefficient (Wildman–Crippen LogP) is 1.90. The number of nitrogens with zero attached hydrogens (tertiary/aromatic N) is 1. The van der Waals surface area contributed by atoms with Crippen LogP contribution in [-0.2, 0) is 11.3 Å². The molecule has 126 valence electrons. The zero-order chi connectivity index (χ0) is 16.4. The number of benzene rings is 2. The smallest absolute Gasteiger partial charge is 0.121 e. The number of aromatic nitrogens is 1. The number of hydrogen-bond acceptors (Lipinski definition) is 2. The molecule has 0 radical (unpaired) electrons. The van der Waals surface area contributed by atoms with Crippen molar-refractivity contribution >= 4 is 21.8 Å². The van der Waals surface area contributed by atoms with E-state index in [-0.39, 0.29) is 6.10 Å². The molecule has 1 aromatic heterocycles. The molecule has 0 saturated carbocycles. The zero-order valence-electron chi connectivity index (χ0n) is 13.9. The van der Waals surface area contributed by atoms with E-state index in [4.69, 9.17) is 4.74 Å². The number of hydrogen-bond donors (Lipinski definition) is 2. The van der Waals surface area contributed by atoms with Crippen LogP contribution in [0.5, 0.6) is 0 Å². The summed E-state index contributed by atoms with van der Waals surface area (Å²) in [6.45, 7) is 3.17. The second-order valence-corrected chi connectivity index (χ2v) is 6.69. The Kier molecular flexibility index (Phi) is 4.52. The molecule has 4 heteroatoms. The molecular formula is C20H25N2O2+. The van der Waals surface area contributed by atoms with Gasteiger partial charge in [0, 0.05) is 28.4 Å². The van der Waals surface area contributed by atoms with Crippen LogP contribution in [0.1, 0.15) is 12.8 Å². The maximum absolute atomic E-state index is 10.5. The zero-order valence-corrected chi connectivity index (χ0v) is 13.9. The minimum Gasteiger partial charge on any atom is -0.385 e. The first-order valence-corrected chi connectivity index (χ1v) is 8.90. The molecule has 24 heavy (non-hydrogen) atoms. The molecule has 1 saturated heterocycles. The molecule has 0 amide bonds. The number of fused-ring (bicyclic) bond motifs is 3. The summed E-state index contributed by atoms with van der Waals surface area (Å²) in [5.74, 6) is 0. The Bertz CT molecular complexity index is 767. The fourth-order valence-corrected chi connectivity index (χ4v) is 3.79. The van der Waals surface area contributed by atoms with E-state index in [0.717, 1.165) is 19.6 Å². The second-order valence-electron chi connectivity index (χ2n) is 6.69. The highest BCUT2D eigenvalue weighted by molar-refractivity contribution is 6.07. The van der Waals surface area contributed by atoms with Gasteiger partial charge in [-0.05, 0) is 25.0 Å². The predicted molar refractivity (Wildman–Crippen MR) is 96.1 cm³/mol. The average Bonchev–Trinajstić information content (AvgIpc) is 3.23. The summed E-state index contributed by atoms with van der Waals surface area (Å²) in [4.78, 5) is 0. The van der Waals surface area contributed by atoms with Crippen LogP contribution >= 0.6 is 0 Å². The molecule has 0 aliphatic carbocycles. The van der Waals surface area contributed by atoms with Crippen molar-refractivity contribution in [1.29, 1.82) is 0 Å². The summed E-state index contributed by atoms with van der Waals surface area (Å²) < 4.78 is 7.88. The SMILES string of the molecule is O[C@H](C[NH2+]C[C@H]1CCCO1)Cn1c2ccccc2c2ccccc21.